The van der Waals surface area contributed by atoms with Gasteiger partial charge in [0.15, 0.2) is 5.54 Å². The molecule has 2 rings (SSSR count). The molecule has 0 spiro atoms. The molecule has 0 aliphatic heterocycles. The number of aliphatic carboxylic acids is 1. The predicted molar refractivity (Wildman–Crippen MR) is 78.3 cm³/mol. The Morgan fingerprint density at radius 2 is 2.05 bits per heavy atom. The summed E-state index contributed by atoms with van der Waals surface area (Å²) in [5.74, 6) is -2.03. The minimum Gasteiger partial charge on any atom is -0.479 e. The normalized spacial score (nSPS) is 11.3. The smallest absolute Gasteiger partial charge is 0.331 e. The van der Waals surface area contributed by atoms with Crippen molar-refractivity contribution in [3.63, 3.8) is 0 Å². The first kappa shape index (κ1) is 15.7. The largest absolute Gasteiger partial charge is 0.479 e. The first-order chi connectivity index (χ1) is 10.2. The number of nitrogens with one attached hydrogen (secondary N) is 1. The van der Waals surface area contributed by atoms with Crippen LogP contribution in [-0.2, 0) is 10.3 Å². The summed E-state index contributed by atoms with van der Waals surface area (Å²) in [6.45, 7) is 4.68. The monoisotopic (exact) mass is 305 g/mol. The highest BCUT2D eigenvalue weighted by Crippen LogP contribution is 2.18. The van der Waals surface area contributed by atoms with Crippen LogP contribution in [0, 0.1) is 12.7 Å². The lowest BCUT2D eigenvalue weighted by molar-refractivity contribution is -0.146. The minimum atomic E-state index is -1.24. The number of halogens is 1. The van der Waals surface area contributed by atoms with Crippen molar-refractivity contribution in [2.75, 3.05) is 5.32 Å². The zero-order valence-electron chi connectivity index (χ0n) is 12.4. The quantitative estimate of drug-likeness (QED) is 0.908. The zero-order valence-corrected chi connectivity index (χ0v) is 12.4. The summed E-state index contributed by atoms with van der Waals surface area (Å²) in [6.07, 6.45) is 2.76. The van der Waals surface area contributed by atoms with E-state index in [0.29, 0.717) is 11.3 Å². The maximum Gasteiger partial charge on any atom is 0.331 e. The van der Waals surface area contributed by atoms with Gasteiger partial charge in [0.05, 0.1) is 11.9 Å². The van der Waals surface area contributed by atoms with Gasteiger partial charge in [-0.3, -0.25) is 9.48 Å². The number of carbonyl (C=O) groups excluding carboxylic acids is 1. The van der Waals surface area contributed by atoms with E-state index in [2.05, 4.69) is 10.4 Å². The highest BCUT2D eigenvalue weighted by molar-refractivity contribution is 6.05. The number of hydrogen-bond acceptors (Lipinski definition) is 3. The molecule has 0 aliphatic rings. The van der Waals surface area contributed by atoms with Crippen LogP contribution in [0.2, 0.25) is 0 Å². The van der Waals surface area contributed by atoms with E-state index in [0.717, 1.165) is 6.07 Å². The molecule has 0 saturated carbocycles. The highest BCUT2D eigenvalue weighted by Gasteiger charge is 2.30. The van der Waals surface area contributed by atoms with Gasteiger partial charge >= 0.3 is 5.97 Å². The fraction of sp³-hybridized carbons (Fsp3) is 0.267. The van der Waals surface area contributed by atoms with E-state index in [1.165, 1.54) is 43.1 Å². The Hall–Kier alpha value is -2.70. The Morgan fingerprint density at radius 1 is 1.36 bits per heavy atom. The van der Waals surface area contributed by atoms with Crippen molar-refractivity contribution in [2.45, 2.75) is 26.3 Å². The Morgan fingerprint density at radius 3 is 2.68 bits per heavy atom. The van der Waals surface area contributed by atoms with E-state index in [-0.39, 0.29) is 5.56 Å². The van der Waals surface area contributed by atoms with Crippen LogP contribution < -0.4 is 5.32 Å². The van der Waals surface area contributed by atoms with Gasteiger partial charge in [0.2, 0.25) is 0 Å². The van der Waals surface area contributed by atoms with Gasteiger partial charge in [-0.25, -0.2) is 9.18 Å². The Bertz CT molecular complexity index is 737. The molecular weight excluding hydrogens is 289 g/mol. The van der Waals surface area contributed by atoms with Crippen LogP contribution in [0.15, 0.2) is 30.6 Å². The molecule has 0 bridgehead atoms. The Kier molecular flexibility index (Phi) is 3.99. The van der Waals surface area contributed by atoms with Crippen LogP contribution in [0.25, 0.3) is 0 Å². The number of aromatic nitrogens is 2. The van der Waals surface area contributed by atoms with E-state index < -0.39 is 23.2 Å². The van der Waals surface area contributed by atoms with Crippen LogP contribution in [0.5, 0.6) is 0 Å². The van der Waals surface area contributed by atoms with Crippen molar-refractivity contribution in [2.24, 2.45) is 0 Å². The summed E-state index contributed by atoms with van der Waals surface area (Å²) >= 11 is 0. The number of carbonyl (C=O) groups is 2. The van der Waals surface area contributed by atoms with Gasteiger partial charge in [0.1, 0.15) is 5.82 Å². The second-order valence-corrected chi connectivity index (χ2v) is 5.45. The molecule has 0 atom stereocenters. The number of aryl methyl sites for hydroxylation is 1. The van der Waals surface area contributed by atoms with Crippen molar-refractivity contribution < 1.29 is 19.1 Å². The average Bonchev–Trinajstić information content (AvgIpc) is 2.90. The van der Waals surface area contributed by atoms with Gasteiger partial charge in [-0.2, -0.15) is 5.10 Å². The second-order valence-electron chi connectivity index (χ2n) is 5.45. The summed E-state index contributed by atoms with van der Waals surface area (Å²) in [5.41, 5.74) is -0.0528. The van der Waals surface area contributed by atoms with Crippen molar-refractivity contribution >= 4 is 17.6 Å². The molecule has 2 aromatic rings. The van der Waals surface area contributed by atoms with Gasteiger partial charge in [-0.05, 0) is 38.5 Å². The fourth-order valence-electron chi connectivity index (χ4n) is 1.83. The highest BCUT2D eigenvalue weighted by atomic mass is 19.1. The Labute approximate surface area is 126 Å². The number of amides is 1. The maximum absolute atomic E-state index is 13.2. The summed E-state index contributed by atoms with van der Waals surface area (Å²) in [5, 5.41) is 15.7. The third-order valence-electron chi connectivity index (χ3n) is 3.38. The molecule has 0 radical (unpaired) electrons. The molecule has 1 heterocycles. The molecule has 22 heavy (non-hydrogen) atoms. The lowest BCUT2D eigenvalue weighted by Crippen LogP contribution is -2.35. The van der Waals surface area contributed by atoms with E-state index in [4.69, 9.17) is 5.11 Å². The maximum atomic E-state index is 13.2. The molecule has 6 nitrogen and oxygen atoms in total. The number of carboxylic acid groups (broad SMARTS) is 1. The van der Waals surface area contributed by atoms with E-state index >= 15 is 0 Å². The molecule has 0 unspecified atom stereocenters. The van der Waals surface area contributed by atoms with Crippen molar-refractivity contribution in [1.82, 2.24) is 9.78 Å². The predicted octanol–water partition coefficient (Wildman–Crippen LogP) is 2.40. The van der Waals surface area contributed by atoms with Crippen LogP contribution in [0.3, 0.4) is 0 Å². The molecule has 0 aliphatic carbocycles. The summed E-state index contributed by atoms with van der Waals surface area (Å²) in [7, 11) is 0. The van der Waals surface area contributed by atoms with Crippen molar-refractivity contribution in [3.05, 3.63) is 47.5 Å². The van der Waals surface area contributed by atoms with E-state index in [1.54, 1.807) is 6.92 Å². The SMILES string of the molecule is Cc1ccc(F)cc1C(=O)Nc1cnn(C(C)(C)C(=O)O)c1. The number of rotatable bonds is 4. The molecule has 7 heteroatoms. The fourth-order valence-corrected chi connectivity index (χ4v) is 1.83. The van der Waals surface area contributed by atoms with Crippen LogP contribution in [0.4, 0.5) is 10.1 Å². The van der Waals surface area contributed by atoms with E-state index in [9.17, 15) is 14.0 Å². The molecule has 1 aromatic carbocycles. The van der Waals surface area contributed by atoms with Crippen LogP contribution in [-0.4, -0.2) is 26.8 Å². The second kappa shape index (κ2) is 5.59. The molecule has 1 amide bonds. The van der Waals surface area contributed by atoms with Crippen LogP contribution >= 0.6 is 0 Å². The summed E-state index contributed by atoms with van der Waals surface area (Å²) in [6, 6.07) is 3.94. The zero-order chi connectivity index (χ0) is 16.5. The van der Waals surface area contributed by atoms with Gasteiger partial charge in [0, 0.05) is 11.8 Å². The Balaban J connectivity index is 2.22. The van der Waals surface area contributed by atoms with Gasteiger partial charge in [-0.15, -0.1) is 0 Å². The van der Waals surface area contributed by atoms with Crippen molar-refractivity contribution in [1.29, 1.82) is 0 Å². The standard InChI is InChI=1S/C15H16FN3O3/c1-9-4-5-10(16)6-12(9)13(20)18-11-7-17-19(8-11)15(2,3)14(21)22/h4-8H,1-3H3,(H,18,20)(H,21,22). The van der Waals surface area contributed by atoms with E-state index in [1.807, 2.05) is 0 Å². The van der Waals surface area contributed by atoms with Crippen LogP contribution in [0.1, 0.15) is 29.8 Å². The molecule has 2 N–H and O–H groups in total. The number of carboxylic acids is 1. The number of benzene rings is 1. The summed E-state index contributed by atoms with van der Waals surface area (Å²) < 4.78 is 14.5. The van der Waals surface area contributed by atoms with Gasteiger partial charge in [-0.1, -0.05) is 6.07 Å². The number of hydrogen-bond donors (Lipinski definition) is 2. The first-order valence-electron chi connectivity index (χ1n) is 6.58. The third kappa shape index (κ3) is 2.98. The topological polar surface area (TPSA) is 84.2 Å². The minimum absolute atomic E-state index is 0.213. The van der Waals surface area contributed by atoms with Crippen molar-refractivity contribution in [3.8, 4) is 0 Å². The first-order valence-corrected chi connectivity index (χ1v) is 6.58. The van der Waals surface area contributed by atoms with Gasteiger partial charge < -0.3 is 10.4 Å². The van der Waals surface area contributed by atoms with Gasteiger partial charge in [0.25, 0.3) is 5.91 Å². The third-order valence-corrected chi connectivity index (χ3v) is 3.38. The molecule has 0 saturated heterocycles. The number of anilines is 1. The molecule has 0 fully saturated rings. The number of nitrogens with zero attached hydrogens (tertiary/aromatic N) is 2. The molecular formula is C15H16FN3O3. The molecule has 116 valence electrons. The lowest BCUT2D eigenvalue weighted by Gasteiger charge is -2.19. The molecule has 1 aromatic heterocycles. The lowest BCUT2D eigenvalue weighted by atomic mass is 10.1. The summed E-state index contributed by atoms with van der Waals surface area (Å²) in [4.78, 5) is 23.3. The average molecular weight is 305 g/mol.